The van der Waals surface area contributed by atoms with Gasteiger partial charge in [-0.2, -0.15) is 0 Å². The van der Waals surface area contributed by atoms with E-state index in [0.29, 0.717) is 12.0 Å². The zero-order valence-corrected chi connectivity index (χ0v) is 14.7. The van der Waals surface area contributed by atoms with Crippen LogP contribution in [-0.2, 0) is 4.74 Å². The summed E-state index contributed by atoms with van der Waals surface area (Å²) in [5.41, 5.74) is -0.400. The summed E-state index contributed by atoms with van der Waals surface area (Å²) in [7, 11) is 0. The molecule has 0 aliphatic carbocycles. The summed E-state index contributed by atoms with van der Waals surface area (Å²) in [5.74, 6) is 0.714. The fraction of sp³-hybridized carbons (Fsp3) is 0.941. The first kappa shape index (κ1) is 17.5. The first-order valence-corrected chi connectivity index (χ1v) is 8.81. The highest BCUT2D eigenvalue weighted by Crippen LogP contribution is 2.22. The standard InChI is InChI=1S/C17H33N3O2/c1-5-15-12-18-8-11-20(15)13-14-6-9-19(10-7-14)16(21)22-17(2,3)4/h14-15,18H,5-13H2,1-4H3. The number of rotatable bonds is 3. The minimum atomic E-state index is -0.400. The molecule has 0 aromatic rings. The molecule has 0 aromatic heterocycles. The van der Waals surface area contributed by atoms with Crippen molar-refractivity contribution in [2.24, 2.45) is 5.92 Å². The molecule has 2 aliphatic rings. The smallest absolute Gasteiger partial charge is 0.410 e. The molecule has 128 valence electrons. The number of piperazine rings is 1. The van der Waals surface area contributed by atoms with E-state index in [1.807, 2.05) is 25.7 Å². The lowest BCUT2D eigenvalue weighted by molar-refractivity contribution is 0.0156. The van der Waals surface area contributed by atoms with Crippen molar-refractivity contribution in [3.63, 3.8) is 0 Å². The van der Waals surface area contributed by atoms with Crippen molar-refractivity contribution in [1.29, 1.82) is 0 Å². The van der Waals surface area contributed by atoms with Crippen LogP contribution in [0.4, 0.5) is 4.79 Å². The molecule has 2 aliphatic heterocycles. The van der Waals surface area contributed by atoms with Crippen LogP contribution >= 0.6 is 0 Å². The molecule has 0 bridgehead atoms. The lowest BCUT2D eigenvalue weighted by Gasteiger charge is -2.40. The molecular formula is C17H33N3O2. The van der Waals surface area contributed by atoms with Gasteiger partial charge in [0.2, 0.25) is 0 Å². The van der Waals surface area contributed by atoms with Crippen molar-refractivity contribution in [2.75, 3.05) is 39.3 Å². The molecule has 22 heavy (non-hydrogen) atoms. The Balaban J connectivity index is 1.76. The lowest BCUT2D eigenvalue weighted by Crippen LogP contribution is -2.53. The van der Waals surface area contributed by atoms with Crippen molar-refractivity contribution < 1.29 is 9.53 Å². The number of likely N-dealkylation sites (tertiary alicyclic amines) is 1. The fourth-order valence-corrected chi connectivity index (χ4v) is 3.40. The van der Waals surface area contributed by atoms with Crippen LogP contribution in [0.15, 0.2) is 0 Å². The van der Waals surface area contributed by atoms with E-state index in [1.54, 1.807) is 0 Å². The van der Waals surface area contributed by atoms with Gasteiger partial charge in [0.25, 0.3) is 0 Å². The van der Waals surface area contributed by atoms with Crippen molar-refractivity contribution >= 4 is 6.09 Å². The number of hydrogen-bond acceptors (Lipinski definition) is 4. The second-order valence-electron chi connectivity index (χ2n) is 7.67. The molecule has 2 rings (SSSR count). The van der Waals surface area contributed by atoms with Gasteiger partial charge in [0, 0.05) is 45.3 Å². The molecule has 0 radical (unpaired) electrons. The normalized spacial score (nSPS) is 25.3. The number of hydrogen-bond donors (Lipinski definition) is 1. The number of nitrogens with one attached hydrogen (secondary N) is 1. The molecular weight excluding hydrogens is 278 g/mol. The monoisotopic (exact) mass is 311 g/mol. The molecule has 1 atom stereocenters. The predicted molar refractivity (Wildman–Crippen MR) is 89.1 cm³/mol. The van der Waals surface area contributed by atoms with Gasteiger partial charge in [-0.3, -0.25) is 4.90 Å². The maximum Gasteiger partial charge on any atom is 0.410 e. The average Bonchev–Trinajstić information content (AvgIpc) is 2.47. The largest absolute Gasteiger partial charge is 0.444 e. The van der Waals surface area contributed by atoms with Gasteiger partial charge in [-0.05, 0) is 46.0 Å². The van der Waals surface area contributed by atoms with E-state index in [9.17, 15) is 4.79 Å². The SMILES string of the molecule is CCC1CNCCN1CC1CCN(C(=O)OC(C)(C)C)CC1. The molecule has 2 saturated heterocycles. The predicted octanol–water partition coefficient (Wildman–Crippen LogP) is 2.32. The van der Waals surface area contributed by atoms with Crippen molar-refractivity contribution in [3.8, 4) is 0 Å². The van der Waals surface area contributed by atoms with Crippen LogP contribution < -0.4 is 5.32 Å². The summed E-state index contributed by atoms with van der Waals surface area (Å²) in [6, 6.07) is 0.678. The molecule has 2 heterocycles. The maximum atomic E-state index is 12.1. The van der Waals surface area contributed by atoms with Crippen LogP contribution in [-0.4, -0.2) is 66.8 Å². The zero-order valence-electron chi connectivity index (χ0n) is 14.7. The number of nitrogens with zero attached hydrogens (tertiary/aromatic N) is 2. The Labute approximate surface area is 135 Å². The molecule has 0 aromatic carbocycles. The van der Waals surface area contributed by atoms with E-state index < -0.39 is 5.60 Å². The van der Waals surface area contributed by atoms with Crippen molar-refractivity contribution in [3.05, 3.63) is 0 Å². The first-order valence-electron chi connectivity index (χ1n) is 8.81. The quantitative estimate of drug-likeness (QED) is 0.869. The van der Waals surface area contributed by atoms with Crippen molar-refractivity contribution in [1.82, 2.24) is 15.1 Å². The molecule has 5 nitrogen and oxygen atoms in total. The Morgan fingerprint density at radius 1 is 1.23 bits per heavy atom. The van der Waals surface area contributed by atoms with Crippen LogP contribution in [0, 0.1) is 5.92 Å². The van der Waals surface area contributed by atoms with Gasteiger partial charge < -0.3 is 15.0 Å². The minimum absolute atomic E-state index is 0.153. The highest BCUT2D eigenvalue weighted by atomic mass is 16.6. The van der Waals surface area contributed by atoms with Crippen LogP contribution in [0.2, 0.25) is 0 Å². The topological polar surface area (TPSA) is 44.8 Å². The second kappa shape index (κ2) is 7.64. The maximum absolute atomic E-state index is 12.1. The van der Waals surface area contributed by atoms with Gasteiger partial charge in [0.15, 0.2) is 0 Å². The molecule has 1 amide bonds. The third kappa shape index (κ3) is 5.13. The fourth-order valence-electron chi connectivity index (χ4n) is 3.40. The lowest BCUT2D eigenvalue weighted by atomic mass is 9.95. The summed E-state index contributed by atoms with van der Waals surface area (Å²) in [6.07, 6.45) is 3.25. The number of carbonyl (C=O) groups is 1. The highest BCUT2D eigenvalue weighted by molar-refractivity contribution is 5.68. The Bertz CT molecular complexity index is 359. The molecule has 0 spiro atoms. The first-order chi connectivity index (χ1) is 10.4. The second-order valence-corrected chi connectivity index (χ2v) is 7.67. The Morgan fingerprint density at radius 2 is 1.91 bits per heavy atom. The summed E-state index contributed by atoms with van der Waals surface area (Å²) in [6.45, 7) is 14.3. The Kier molecular flexibility index (Phi) is 6.09. The van der Waals surface area contributed by atoms with Crippen LogP contribution in [0.5, 0.6) is 0 Å². The Morgan fingerprint density at radius 3 is 2.50 bits per heavy atom. The molecule has 1 unspecified atom stereocenters. The van der Waals surface area contributed by atoms with E-state index in [1.165, 1.54) is 13.0 Å². The molecule has 0 saturated carbocycles. The summed E-state index contributed by atoms with van der Waals surface area (Å²) in [5, 5.41) is 3.49. The summed E-state index contributed by atoms with van der Waals surface area (Å²) < 4.78 is 5.47. The van der Waals surface area contributed by atoms with Crippen LogP contribution in [0.25, 0.3) is 0 Å². The van der Waals surface area contributed by atoms with Gasteiger partial charge in [0.05, 0.1) is 0 Å². The Hall–Kier alpha value is -0.810. The van der Waals surface area contributed by atoms with E-state index in [2.05, 4.69) is 17.1 Å². The number of amides is 1. The van der Waals surface area contributed by atoms with E-state index in [-0.39, 0.29) is 6.09 Å². The van der Waals surface area contributed by atoms with Gasteiger partial charge >= 0.3 is 6.09 Å². The van der Waals surface area contributed by atoms with E-state index in [4.69, 9.17) is 4.74 Å². The van der Waals surface area contributed by atoms with Crippen LogP contribution in [0.3, 0.4) is 0 Å². The summed E-state index contributed by atoms with van der Waals surface area (Å²) in [4.78, 5) is 16.6. The van der Waals surface area contributed by atoms with E-state index in [0.717, 1.165) is 45.6 Å². The van der Waals surface area contributed by atoms with Gasteiger partial charge in [0.1, 0.15) is 5.60 Å². The van der Waals surface area contributed by atoms with Gasteiger partial charge in [-0.1, -0.05) is 6.92 Å². The molecule has 1 N–H and O–H groups in total. The van der Waals surface area contributed by atoms with Crippen molar-refractivity contribution in [2.45, 2.75) is 58.6 Å². The molecule has 5 heteroatoms. The van der Waals surface area contributed by atoms with Gasteiger partial charge in [-0.25, -0.2) is 4.79 Å². The number of piperidine rings is 1. The highest BCUT2D eigenvalue weighted by Gasteiger charge is 2.29. The zero-order chi connectivity index (χ0) is 16.2. The third-order valence-electron chi connectivity index (χ3n) is 4.70. The van der Waals surface area contributed by atoms with Gasteiger partial charge in [-0.15, -0.1) is 0 Å². The minimum Gasteiger partial charge on any atom is -0.444 e. The number of ether oxygens (including phenoxy) is 1. The number of carbonyl (C=O) groups excluding carboxylic acids is 1. The average molecular weight is 311 g/mol. The van der Waals surface area contributed by atoms with Crippen LogP contribution in [0.1, 0.15) is 47.0 Å². The third-order valence-corrected chi connectivity index (χ3v) is 4.70. The molecule has 2 fully saturated rings. The van der Waals surface area contributed by atoms with E-state index >= 15 is 0 Å². The summed E-state index contributed by atoms with van der Waals surface area (Å²) >= 11 is 0.